The Balaban J connectivity index is 1.28. The highest BCUT2D eigenvalue weighted by atomic mass is 16.2. The molecule has 0 aromatic heterocycles. The lowest BCUT2D eigenvalue weighted by Gasteiger charge is -2.42. The quantitative estimate of drug-likeness (QED) is 0.868. The van der Waals surface area contributed by atoms with Gasteiger partial charge in [-0.2, -0.15) is 5.26 Å². The minimum Gasteiger partial charge on any atom is -0.353 e. The standard InChI is InChI=1S/C22H28N4O2/c23-14-16-3-5-17(6-4-16)22(28)25-12-9-20(10-13-25)26-11-1-2-18(15-26)21(27)24-19-7-8-19/h3-6,18-20H,1-2,7-13,15H2,(H,24,27)/t18-/m0/s1. The highest BCUT2D eigenvalue weighted by Crippen LogP contribution is 2.26. The zero-order valence-electron chi connectivity index (χ0n) is 16.3. The second-order valence-electron chi connectivity index (χ2n) is 8.33. The van der Waals surface area contributed by atoms with E-state index >= 15 is 0 Å². The highest BCUT2D eigenvalue weighted by Gasteiger charge is 2.34. The van der Waals surface area contributed by atoms with E-state index in [2.05, 4.69) is 16.3 Å². The van der Waals surface area contributed by atoms with Gasteiger partial charge in [0.1, 0.15) is 0 Å². The molecular formula is C22H28N4O2. The summed E-state index contributed by atoms with van der Waals surface area (Å²) in [7, 11) is 0. The number of nitrogens with zero attached hydrogens (tertiary/aromatic N) is 3. The van der Waals surface area contributed by atoms with Gasteiger partial charge in [0.2, 0.25) is 5.91 Å². The van der Waals surface area contributed by atoms with Crippen molar-refractivity contribution in [1.82, 2.24) is 15.1 Å². The molecule has 0 unspecified atom stereocenters. The summed E-state index contributed by atoms with van der Waals surface area (Å²) in [4.78, 5) is 29.5. The molecule has 2 heterocycles. The summed E-state index contributed by atoms with van der Waals surface area (Å²) < 4.78 is 0. The van der Waals surface area contributed by atoms with Gasteiger partial charge in [-0.1, -0.05) is 0 Å². The van der Waals surface area contributed by atoms with Crippen LogP contribution in [0.25, 0.3) is 0 Å². The molecule has 4 rings (SSSR count). The van der Waals surface area contributed by atoms with Crippen molar-refractivity contribution in [3.8, 4) is 6.07 Å². The van der Waals surface area contributed by atoms with Gasteiger partial charge in [-0.05, 0) is 69.3 Å². The monoisotopic (exact) mass is 380 g/mol. The van der Waals surface area contributed by atoms with E-state index in [0.717, 1.165) is 64.7 Å². The molecule has 3 aliphatic rings. The number of amides is 2. The van der Waals surface area contributed by atoms with Crippen LogP contribution in [0.15, 0.2) is 24.3 Å². The van der Waals surface area contributed by atoms with Crippen molar-refractivity contribution < 1.29 is 9.59 Å². The van der Waals surface area contributed by atoms with Gasteiger partial charge in [0.25, 0.3) is 5.91 Å². The molecule has 1 aliphatic carbocycles. The molecule has 0 bridgehead atoms. The van der Waals surface area contributed by atoms with Crippen molar-refractivity contribution in [2.75, 3.05) is 26.2 Å². The topological polar surface area (TPSA) is 76.4 Å². The number of piperidine rings is 2. The number of carbonyl (C=O) groups is 2. The Bertz CT molecular complexity index is 758. The first-order valence-electron chi connectivity index (χ1n) is 10.5. The second kappa shape index (κ2) is 8.32. The average molecular weight is 380 g/mol. The van der Waals surface area contributed by atoms with Gasteiger partial charge in [-0.15, -0.1) is 0 Å². The molecule has 1 aromatic carbocycles. The number of rotatable bonds is 4. The lowest BCUT2D eigenvalue weighted by atomic mass is 9.93. The van der Waals surface area contributed by atoms with Crippen LogP contribution < -0.4 is 5.32 Å². The molecule has 3 fully saturated rings. The largest absolute Gasteiger partial charge is 0.353 e. The lowest BCUT2D eigenvalue weighted by molar-refractivity contribution is -0.127. The van der Waals surface area contributed by atoms with E-state index in [9.17, 15) is 9.59 Å². The Kier molecular flexibility index (Phi) is 5.63. The number of likely N-dealkylation sites (tertiary alicyclic amines) is 2. The summed E-state index contributed by atoms with van der Waals surface area (Å²) in [5.74, 6) is 0.400. The third-order valence-electron chi connectivity index (χ3n) is 6.28. The molecule has 2 amide bonds. The number of nitriles is 1. The molecule has 0 radical (unpaired) electrons. The molecular weight excluding hydrogens is 352 g/mol. The van der Waals surface area contributed by atoms with Gasteiger partial charge in [-0.3, -0.25) is 14.5 Å². The maximum Gasteiger partial charge on any atom is 0.253 e. The Labute approximate surface area is 166 Å². The van der Waals surface area contributed by atoms with Crippen molar-refractivity contribution >= 4 is 11.8 Å². The van der Waals surface area contributed by atoms with Crippen LogP contribution in [0.4, 0.5) is 0 Å². The van der Waals surface area contributed by atoms with Crippen molar-refractivity contribution in [1.29, 1.82) is 5.26 Å². The Morgan fingerprint density at radius 2 is 1.71 bits per heavy atom. The zero-order valence-corrected chi connectivity index (χ0v) is 16.3. The molecule has 28 heavy (non-hydrogen) atoms. The van der Waals surface area contributed by atoms with Crippen molar-refractivity contribution in [2.24, 2.45) is 5.92 Å². The van der Waals surface area contributed by atoms with E-state index in [-0.39, 0.29) is 17.7 Å². The van der Waals surface area contributed by atoms with E-state index in [1.807, 2.05) is 4.90 Å². The Hall–Kier alpha value is -2.39. The average Bonchev–Trinajstić information content (AvgIpc) is 3.57. The molecule has 2 aliphatic heterocycles. The van der Waals surface area contributed by atoms with E-state index in [1.54, 1.807) is 24.3 Å². The molecule has 6 nitrogen and oxygen atoms in total. The van der Waals surface area contributed by atoms with Crippen molar-refractivity contribution in [2.45, 2.75) is 50.6 Å². The summed E-state index contributed by atoms with van der Waals surface area (Å²) in [6.45, 7) is 3.41. The predicted molar refractivity (Wildman–Crippen MR) is 106 cm³/mol. The fourth-order valence-corrected chi connectivity index (χ4v) is 4.40. The third kappa shape index (κ3) is 4.36. The van der Waals surface area contributed by atoms with Crippen molar-refractivity contribution in [3.63, 3.8) is 0 Å². The summed E-state index contributed by atoms with van der Waals surface area (Å²) >= 11 is 0. The fraction of sp³-hybridized carbons (Fsp3) is 0.591. The van der Waals surface area contributed by atoms with E-state index in [4.69, 9.17) is 5.26 Å². The van der Waals surface area contributed by atoms with E-state index in [1.165, 1.54) is 0 Å². The summed E-state index contributed by atoms with van der Waals surface area (Å²) in [6, 6.07) is 9.83. The summed E-state index contributed by atoms with van der Waals surface area (Å²) in [5, 5.41) is 12.0. The van der Waals surface area contributed by atoms with Gasteiger partial charge in [0.05, 0.1) is 17.6 Å². The van der Waals surface area contributed by atoms with Gasteiger partial charge in [-0.25, -0.2) is 0 Å². The number of hydrogen-bond donors (Lipinski definition) is 1. The maximum absolute atomic E-state index is 12.7. The van der Waals surface area contributed by atoms with Crippen LogP contribution in [-0.2, 0) is 4.79 Å². The van der Waals surface area contributed by atoms with E-state index in [0.29, 0.717) is 23.2 Å². The Morgan fingerprint density at radius 3 is 2.36 bits per heavy atom. The van der Waals surface area contributed by atoms with Crippen LogP contribution in [0.2, 0.25) is 0 Å². The minimum absolute atomic E-state index is 0.0447. The molecule has 148 valence electrons. The molecule has 1 atom stereocenters. The fourth-order valence-electron chi connectivity index (χ4n) is 4.40. The summed E-state index contributed by atoms with van der Waals surface area (Å²) in [6.07, 6.45) is 6.25. The summed E-state index contributed by atoms with van der Waals surface area (Å²) in [5.41, 5.74) is 1.22. The van der Waals surface area contributed by atoms with Crippen LogP contribution in [-0.4, -0.2) is 59.9 Å². The van der Waals surface area contributed by atoms with Crippen LogP contribution >= 0.6 is 0 Å². The third-order valence-corrected chi connectivity index (χ3v) is 6.28. The molecule has 1 aromatic rings. The molecule has 1 N–H and O–H groups in total. The second-order valence-corrected chi connectivity index (χ2v) is 8.33. The smallest absolute Gasteiger partial charge is 0.253 e. The molecule has 2 saturated heterocycles. The van der Waals surface area contributed by atoms with Gasteiger partial charge in [0.15, 0.2) is 0 Å². The van der Waals surface area contributed by atoms with Crippen LogP contribution in [0.3, 0.4) is 0 Å². The van der Waals surface area contributed by atoms with Crippen LogP contribution in [0.1, 0.15) is 54.4 Å². The van der Waals surface area contributed by atoms with Gasteiger partial charge >= 0.3 is 0 Å². The van der Waals surface area contributed by atoms with E-state index < -0.39 is 0 Å². The number of nitrogens with one attached hydrogen (secondary N) is 1. The molecule has 1 saturated carbocycles. The predicted octanol–water partition coefficient (Wildman–Crippen LogP) is 2.15. The van der Waals surface area contributed by atoms with Gasteiger partial charge < -0.3 is 10.2 Å². The van der Waals surface area contributed by atoms with Crippen LogP contribution in [0.5, 0.6) is 0 Å². The minimum atomic E-state index is 0.0447. The Morgan fingerprint density at radius 1 is 1.00 bits per heavy atom. The SMILES string of the molecule is N#Cc1ccc(C(=O)N2CCC(N3CCC[C@H](C(=O)NC4CC4)C3)CC2)cc1. The first-order chi connectivity index (χ1) is 13.6. The molecule has 0 spiro atoms. The van der Waals surface area contributed by atoms with Gasteiger partial charge in [0, 0.05) is 37.3 Å². The number of benzene rings is 1. The maximum atomic E-state index is 12.7. The first-order valence-corrected chi connectivity index (χ1v) is 10.5. The number of carbonyl (C=O) groups excluding carboxylic acids is 2. The highest BCUT2D eigenvalue weighted by molar-refractivity contribution is 5.94. The normalized spacial score (nSPS) is 23.8. The molecule has 6 heteroatoms. The zero-order chi connectivity index (χ0) is 19.5. The number of hydrogen-bond acceptors (Lipinski definition) is 4. The van der Waals surface area contributed by atoms with Crippen molar-refractivity contribution in [3.05, 3.63) is 35.4 Å². The van der Waals surface area contributed by atoms with Crippen LogP contribution in [0, 0.1) is 17.2 Å². The first kappa shape index (κ1) is 18.9. The lowest BCUT2D eigenvalue weighted by Crippen LogP contribution is -2.51.